The van der Waals surface area contributed by atoms with Gasteiger partial charge in [0.05, 0.1) is 22.4 Å². The van der Waals surface area contributed by atoms with Crippen LogP contribution >= 0.6 is 11.3 Å². The fourth-order valence-electron chi connectivity index (χ4n) is 3.36. The van der Waals surface area contributed by atoms with Gasteiger partial charge < -0.3 is 10.6 Å². The highest BCUT2D eigenvalue weighted by Gasteiger charge is 2.36. The Labute approximate surface area is 156 Å². The normalized spacial score (nSPS) is 20.1. The maximum atomic E-state index is 12.7. The predicted molar refractivity (Wildman–Crippen MR) is 95.7 cm³/mol. The highest BCUT2D eigenvalue weighted by Crippen LogP contribution is 2.38. The third-order valence-corrected chi connectivity index (χ3v) is 5.67. The average molecular weight is 395 g/mol. The number of aromatic amines is 1. The van der Waals surface area contributed by atoms with Crippen LogP contribution in [0.1, 0.15) is 35.9 Å². The van der Waals surface area contributed by atoms with Crippen LogP contribution in [0.25, 0.3) is 10.9 Å². The minimum Gasteiger partial charge on any atom is -0.335 e. The second-order valence-electron chi connectivity index (χ2n) is 6.51. The van der Waals surface area contributed by atoms with Gasteiger partial charge in [-0.15, -0.1) is 11.3 Å². The molecule has 6 nitrogen and oxygen atoms in total. The maximum absolute atomic E-state index is 12.7. The number of amides is 2. The second kappa shape index (κ2) is 6.84. The van der Waals surface area contributed by atoms with Crippen molar-refractivity contribution < 1.29 is 18.0 Å². The van der Waals surface area contributed by atoms with E-state index in [9.17, 15) is 18.0 Å². The third-order valence-electron chi connectivity index (χ3n) is 4.66. The fraction of sp³-hybridized carbons (Fsp3) is 0.353. The minimum atomic E-state index is -4.42. The summed E-state index contributed by atoms with van der Waals surface area (Å²) in [6.45, 7) is 0. The lowest BCUT2D eigenvalue weighted by Crippen LogP contribution is -2.36. The molecule has 4 rings (SSSR count). The Morgan fingerprint density at radius 3 is 2.93 bits per heavy atom. The summed E-state index contributed by atoms with van der Waals surface area (Å²) in [5, 5.41) is 14.8. The molecule has 1 aliphatic carbocycles. The van der Waals surface area contributed by atoms with Crippen LogP contribution in [0.5, 0.6) is 0 Å². The molecule has 3 aromatic rings. The van der Waals surface area contributed by atoms with Crippen molar-refractivity contribution >= 4 is 34.0 Å². The molecule has 2 amide bonds. The van der Waals surface area contributed by atoms with Crippen molar-refractivity contribution in [2.45, 2.75) is 37.4 Å². The van der Waals surface area contributed by atoms with E-state index in [0.29, 0.717) is 30.0 Å². The number of benzene rings is 1. The minimum absolute atomic E-state index is 0.0614. The molecule has 0 spiro atoms. The number of rotatable bonds is 3. The van der Waals surface area contributed by atoms with E-state index in [2.05, 4.69) is 25.8 Å². The van der Waals surface area contributed by atoms with Gasteiger partial charge in [-0.1, -0.05) is 6.07 Å². The van der Waals surface area contributed by atoms with Crippen molar-refractivity contribution in [2.75, 3.05) is 5.32 Å². The van der Waals surface area contributed by atoms with E-state index >= 15 is 0 Å². The van der Waals surface area contributed by atoms with Gasteiger partial charge in [-0.05, 0) is 31.4 Å². The molecule has 142 valence electrons. The molecule has 1 saturated carbocycles. The molecule has 0 unspecified atom stereocenters. The second-order valence-corrected chi connectivity index (χ2v) is 7.40. The SMILES string of the molecule is O=C(Nc1cccc2[nH]ncc12)N[C@H]1CC[C@@H](c2nc(C(F)(F)F)cs2)C1. The summed E-state index contributed by atoms with van der Waals surface area (Å²) in [6.07, 6.45) is -0.799. The predicted octanol–water partition coefficient (Wildman–Crippen LogP) is 4.50. The van der Waals surface area contributed by atoms with Crippen LogP contribution in [0.4, 0.5) is 23.7 Å². The summed E-state index contributed by atoms with van der Waals surface area (Å²) in [6, 6.07) is 5.00. The van der Waals surface area contributed by atoms with Gasteiger partial charge in [0, 0.05) is 22.7 Å². The molecule has 27 heavy (non-hydrogen) atoms. The average Bonchev–Trinajstić information content (AvgIpc) is 3.34. The molecule has 3 N–H and O–H groups in total. The number of nitrogens with zero attached hydrogens (tertiary/aromatic N) is 2. The van der Waals surface area contributed by atoms with Crippen LogP contribution in [0.3, 0.4) is 0 Å². The first kappa shape index (κ1) is 17.8. The summed E-state index contributed by atoms with van der Waals surface area (Å²) < 4.78 is 38.1. The van der Waals surface area contributed by atoms with Crippen LogP contribution in [0.15, 0.2) is 29.8 Å². The number of nitrogens with one attached hydrogen (secondary N) is 3. The molecule has 0 saturated heterocycles. The van der Waals surface area contributed by atoms with Gasteiger partial charge in [-0.2, -0.15) is 18.3 Å². The van der Waals surface area contributed by atoms with Gasteiger partial charge in [-0.3, -0.25) is 5.10 Å². The van der Waals surface area contributed by atoms with E-state index in [1.54, 1.807) is 12.3 Å². The zero-order valence-electron chi connectivity index (χ0n) is 14.0. The van der Waals surface area contributed by atoms with Gasteiger partial charge in [0.15, 0.2) is 5.69 Å². The molecular formula is C17H16F3N5OS. The molecule has 1 fully saturated rings. The highest BCUT2D eigenvalue weighted by atomic mass is 32.1. The van der Waals surface area contributed by atoms with Crippen LogP contribution in [0.2, 0.25) is 0 Å². The number of aromatic nitrogens is 3. The van der Waals surface area contributed by atoms with Crippen molar-refractivity contribution in [3.8, 4) is 0 Å². The Hall–Kier alpha value is -2.62. The number of hydrogen-bond acceptors (Lipinski definition) is 4. The van der Waals surface area contributed by atoms with E-state index < -0.39 is 11.9 Å². The number of anilines is 1. The number of H-pyrrole nitrogens is 1. The molecule has 2 heterocycles. The van der Waals surface area contributed by atoms with Gasteiger partial charge >= 0.3 is 12.2 Å². The number of carbonyl (C=O) groups excluding carboxylic acids is 1. The molecule has 0 radical (unpaired) electrons. The lowest BCUT2D eigenvalue weighted by molar-refractivity contribution is -0.140. The lowest BCUT2D eigenvalue weighted by Gasteiger charge is -2.14. The topological polar surface area (TPSA) is 82.7 Å². The van der Waals surface area contributed by atoms with Crippen LogP contribution in [-0.4, -0.2) is 27.3 Å². The zero-order chi connectivity index (χ0) is 19.0. The quantitative estimate of drug-likeness (QED) is 0.611. The first-order valence-electron chi connectivity index (χ1n) is 8.42. The molecular weight excluding hydrogens is 379 g/mol. The fourth-order valence-corrected chi connectivity index (χ4v) is 4.34. The molecule has 10 heteroatoms. The van der Waals surface area contributed by atoms with E-state index in [4.69, 9.17) is 0 Å². The van der Waals surface area contributed by atoms with E-state index in [1.807, 2.05) is 12.1 Å². The van der Waals surface area contributed by atoms with Crippen molar-refractivity contribution in [1.29, 1.82) is 0 Å². The first-order valence-corrected chi connectivity index (χ1v) is 9.30. The number of hydrogen-bond donors (Lipinski definition) is 3. The number of fused-ring (bicyclic) bond motifs is 1. The van der Waals surface area contributed by atoms with Crippen molar-refractivity contribution in [3.05, 3.63) is 40.5 Å². The summed E-state index contributed by atoms with van der Waals surface area (Å²) in [4.78, 5) is 16.0. The van der Waals surface area contributed by atoms with Crippen molar-refractivity contribution in [2.24, 2.45) is 0 Å². The van der Waals surface area contributed by atoms with Crippen molar-refractivity contribution in [3.63, 3.8) is 0 Å². The Bertz CT molecular complexity index is 967. The standard InChI is InChI=1S/C17H16F3N5OS/c18-17(19,20)14-8-27-15(24-14)9-4-5-10(6-9)22-16(26)23-12-2-1-3-13-11(12)7-21-25-13/h1-3,7-10H,4-6H2,(H,21,25)(H2,22,23,26)/t9-,10+/m1/s1. The van der Waals surface area contributed by atoms with E-state index in [0.717, 1.165) is 27.6 Å². The van der Waals surface area contributed by atoms with Gasteiger partial charge in [0.2, 0.25) is 0 Å². The molecule has 1 aliphatic rings. The highest BCUT2D eigenvalue weighted by molar-refractivity contribution is 7.09. The molecule has 2 aromatic heterocycles. The molecule has 0 bridgehead atoms. The Morgan fingerprint density at radius 2 is 2.15 bits per heavy atom. The number of thiazole rings is 1. The van der Waals surface area contributed by atoms with Gasteiger partial charge in [0.25, 0.3) is 0 Å². The summed E-state index contributed by atoms with van der Waals surface area (Å²) in [7, 11) is 0. The van der Waals surface area contributed by atoms with E-state index in [-0.39, 0.29) is 18.0 Å². The Morgan fingerprint density at radius 1 is 1.30 bits per heavy atom. The lowest BCUT2D eigenvalue weighted by atomic mass is 10.1. The Kier molecular flexibility index (Phi) is 4.50. The summed E-state index contributed by atoms with van der Waals surface area (Å²) in [5.74, 6) is -0.0614. The molecule has 2 atom stereocenters. The summed E-state index contributed by atoms with van der Waals surface area (Å²) >= 11 is 1.03. The largest absolute Gasteiger partial charge is 0.434 e. The third kappa shape index (κ3) is 3.75. The smallest absolute Gasteiger partial charge is 0.335 e. The number of halogens is 3. The molecule has 0 aliphatic heterocycles. The van der Waals surface area contributed by atoms with Gasteiger partial charge in [0.1, 0.15) is 0 Å². The number of carbonyl (C=O) groups is 1. The maximum Gasteiger partial charge on any atom is 0.434 e. The molecule has 1 aromatic carbocycles. The van der Waals surface area contributed by atoms with Crippen LogP contribution in [-0.2, 0) is 6.18 Å². The number of urea groups is 1. The monoisotopic (exact) mass is 395 g/mol. The first-order chi connectivity index (χ1) is 12.9. The Balaban J connectivity index is 1.36. The summed E-state index contributed by atoms with van der Waals surface area (Å²) in [5.41, 5.74) is 0.617. The van der Waals surface area contributed by atoms with Gasteiger partial charge in [-0.25, -0.2) is 9.78 Å². The number of alkyl halides is 3. The van der Waals surface area contributed by atoms with Crippen LogP contribution < -0.4 is 10.6 Å². The van der Waals surface area contributed by atoms with Crippen LogP contribution in [0, 0.1) is 0 Å². The van der Waals surface area contributed by atoms with Crippen molar-refractivity contribution in [1.82, 2.24) is 20.5 Å². The zero-order valence-corrected chi connectivity index (χ0v) is 14.8. The van der Waals surface area contributed by atoms with E-state index in [1.165, 1.54) is 0 Å².